The minimum Gasteiger partial charge on any atom is -0.396 e. The Bertz CT molecular complexity index is 490. The minimum atomic E-state index is -5.68. The molecule has 1 aromatic rings. The first kappa shape index (κ1) is 21.8. The van der Waals surface area contributed by atoms with E-state index in [9.17, 15) is 27.1 Å². The number of aryl methyl sites for hydroxylation is 1. The molecule has 1 rings (SSSR count). The van der Waals surface area contributed by atoms with Crippen molar-refractivity contribution < 1.29 is 32.2 Å². The fourth-order valence-electron chi connectivity index (χ4n) is 2.76. The highest BCUT2D eigenvalue weighted by Crippen LogP contribution is 2.43. The molecule has 7 heteroatoms. The Morgan fingerprint density at radius 2 is 1.40 bits per heavy atom. The fourth-order valence-corrected chi connectivity index (χ4v) is 2.76. The Morgan fingerprint density at radius 1 is 0.800 bits per heavy atom. The molecule has 2 N–H and O–H groups in total. The van der Waals surface area contributed by atoms with Gasteiger partial charge in [-0.05, 0) is 31.2 Å². The Balaban J connectivity index is 2.74. The average Bonchev–Trinajstić information content (AvgIpc) is 2.52. The second-order valence-electron chi connectivity index (χ2n) is 6.48. The van der Waals surface area contributed by atoms with Crippen LogP contribution in [0.4, 0.5) is 22.0 Å². The van der Waals surface area contributed by atoms with Crippen LogP contribution in [0.3, 0.4) is 0 Å². The topological polar surface area (TPSA) is 40.5 Å². The monoisotopic (exact) mass is 368 g/mol. The highest BCUT2D eigenvalue weighted by molar-refractivity contribution is 5.15. The van der Waals surface area contributed by atoms with Crippen molar-refractivity contribution >= 4 is 0 Å². The zero-order valence-electron chi connectivity index (χ0n) is 14.0. The molecule has 0 aromatic heterocycles. The molecular weight excluding hydrogens is 343 g/mol. The van der Waals surface area contributed by atoms with Crippen LogP contribution in [0.1, 0.15) is 50.5 Å². The molecule has 0 aliphatic carbocycles. The molecule has 0 bridgehead atoms. The largest absolute Gasteiger partial charge is 0.453 e. The predicted octanol–water partition coefficient (Wildman–Crippen LogP) is 4.88. The molecule has 1 aromatic carbocycles. The van der Waals surface area contributed by atoms with Crippen molar-refractivity contribution in [2.45, 2.75) is 69.1 Å². The van der Waals surface area contributed by atoms with Crippen LogP contribution in [0, 0.1) is 0 Å². The number of benzene rings is 1. The maximum absolute atomic E-state index is 13.5. The normalized spacial score (nSPS) is 15.2. The summed E-state index contributed by atoms with van der Waals surface area (Å²) in [5.41, 5.74) is -1.31. The van der Waals surface area contributed by atoms with Gasteiger partial charge in [-0.2, -0.15) is 22.0 Å². The summed E-state index contributed by atoms with van der Waals surface area (Å²) >= 11 is 0. The Labute approximate surface area is 144 Å². The highest BCUT2D eigenvalue weighted by Gasteiger charge is 2.60. The third kappa shape index (κ3) is 7.69. The van der Waals surface area contributed by atoms with Crippen molar-refractivity contribution in [3.63, 3.8) is 0 Å². The van der Waals surface area contributed by atoms with Gasteiger partial charge in [0.2, 0.25) is 0 Å². The van der Waals surface area contributed by atoms with Crippen molar-refractivity contribution in [1.29, 1.82) is 0 Å². The summed E-state index contributed by atoms with van der Waals surface area (Å²) < 4.78 is 64.5. The maximum atomic E-state index is 13.5. The molecule has 2 nitrogen and oxygen atoms in total. The molecule has 144 valence electrons. The van der Waals surface area contributed by atoms with Gasteiger partial charge in [0.25, 0.3) is 0 Å². The molecule has 0 saturated heterocycles. The van der Waals surface area contributed by atoms with Crippen LogP contribution >= 0.6 is 0 Å². The van der Waals surface area contributed by atoms with Crippen molar-refractivity contribution in [3.8, 4) is 0 Å². The summed E-state index contributed by atoms with van der Waals surface area (Å²) in [5.74, 6) is -4.93. The Hall–Kier alpha value is -1.21. The van der Waals surface area contributed by atoms with Gasteiger partial charge in [0.15, 0.2) is 0 Å². The van der Waals surface area contributed by atoms with Crippen molar-refractivity contribution in [2.75, 3.05) is 6.61 Å². The van der Waals surface area contributed by atoms with Gasteiger partial charge in [-0.3, -0.25) is 0 Å². The molecule has 0 aliphatic heterocycles. The summed E-state index contributed by atoms with van der Waals surface area (Å²) in [6.07, 6.45) is -5.30. The van der Waals surface area contributed by atoms with Crippen molar-refractivity contribution in [3.05, 3.63) is 35.9 Å². The van der Waals surface area contributed by atoms with E-state index in [4.69, 9.17) is 5.11 Å². The SMILES string of the molecule is OCCCCCCC(O)(CCc1ccccc1)CC(F)(F)C(F)(F)F. The molecule has 0 amide bonds. The molecule has 1 unspecified atom stereocenters. The van der Waals surface area contributed by atoms with Gasteiger partial charge in [-0.15, -0.1) is 0 Å². The molecule has 0 saturated carbocycles. The van der Waals surface area contributed by atoms with Gasteiger partial charge >= 0.3 is 12.1 Å². The summed E-state index contributed by atoms with van der Waals surface area (Å²) in [4.78, 5) is 0. The van der Waals surface area contributed by atoms with Gasteiger partial charge in [-0.1, -0.05) is 49.6 Å². The van der Waals surface area contributed by atoms with E-state index in [1.54, 1.807) is 30.3 Å². The van der Waals surface area contributed by atoms with E-state index in [2.05, 4.69) is 0 Å². The van der Waals surface area contributed by atoms with Crippen LogP contribution in [0.5, 0.6) is 0 Å². The van der Waals surface area contributed by atoms with Crippen LogP contribution in [-0.2, 0) is 6.42 Å². The second-order valence-corrected chi connectivity index (χ2v) is 6.48. The van der Waals surface area contributed by atoms with Gasteiger partial charge in [-0.25, -0.2) is 0 Å². The number of alkyl halides is 5. The number of aliphatic hydroxyl groups is 2. The Kier molecular flexibility index (Phi) is 8.28. The molecule has 0 aliphatic rings. The van der Waals surface area contributed by atoms with E-state index in [1.165, 1.54) is 0 Å². The Morgan fingerprint density at radius 3 is 1.96 bits per heavy atom. The summed E-state index contributed by atoms with van der Waals surface area (Å²) in [6, 6.07) is 8.74. The van der Waals surface area contributed by atoms with Crippen LogP contribution in [-0.4, -0.2) is 34.5 Å². The number of hydrogen-bond acceptors (Lipinski definition) is 2. The quantitative estimate of drug-likeness (QED) is 0.432. The van der Waals surface area contributed by atoms with Gasteiger partial charge in [0, 0.05) is 13.0 Å². The molecule has 0 radical (unpaired) electrons. The van der Waals surface area contributed by atoms with Crippen molar-refractivity contribution in [2.24, 2.45) is 0 Å². The summed E-state index contributed by atoms with van der Waals surface area (Å²) in [7, 11) is 0. The predicted molar refractivity (Wildman–Crippen MR) is 85.5 cm³/mol. The number of aliphatic hydroxyl groups excluding tert-OH is 1. The van der Waals surface area contributed by atoms with Crippen molar-refractivity contribution in [1.82, 2.24) is 0 Å². The van der Waals surface area contributed by atoms with E-state index in [1.807, 2.05) is 0 Å². The standard InChI is InChI=1S/C18H25F5O2/c19-17(20,18(21,22)23)14-16(25,11-6-1-2-7-13-24)12-10-15-8-4-3-5-9-15/h3-5,8-9,24-25H,1-2,6-7,10-14H2. The summed E-state index contributed by atoms with van der Waals surface area (Å²) in [5, 5.41) is 19.2. The molecular formula is C18H25F5O2. The average molecular weight is 368 g/mol. The molecule has 0 spiro atoms. The molecule has 1 atom stereocenters. The lowest BCUT2D eigenvalue weighted by Crippen LogP contribution is -2.45. The third-order valence-corrected chi connectivity index (χ3v) is 4.24. The second kappa shape index (κ2) is 9.48. The number of unbranched alkanes of at least 4 members (excludes halogenated alkanes) is 3. The first-order chi connectivity index (χ1) is 11.6. The molecule has 0 heterocycles. The van der Waals surface area contributed by atoms with Gasteiger partial charge < -0.3 is 10.2 Å². The van der Waals surface area contributed by atoms with E-state index in [0.717, 1.165) is 5.56 Å². The van der Waals surface area contributed by atoms with Crippen LogP contribution in [0.25, 0.3) is 0 Å². The molecule has 0 fully saturated rings. The van der Waals surface area contributed by atoms with Crippen LogP contribution < -0.4 is 0 Å². The maximum Gasteiger partial charge on any atom is 0.453 e. The first-order valence-electron chi connectivity index (χ1n) is 8.41. The van der Waals surface area contributed by atoms with Crippen LogP contribution in [0.15, 0.2) is 30.3 Å². The smallest absolute Gasteiger partial charge is 0.396 e. The van der Waals surface area contributed by atoms with E-state index < -0.39 is 24.1 Å². The number of rotatable bonds is 11. The minimum absolute atomic E-state index is 0.00438. The van der Waals surface area contributed by atoms with Crippen LogP contribution in [0.2, 0.25) is 0 Å². The zero-order valence-corrected chi connectivity index (χ0v) is 14.0. The van der Waals surface area contributed by atoms with E-state index >= 15 is 0 Å². The van der Waals surface area contributed by atoms with E-state index in [0.29, 0.717) is 25.7 Å². The number of halogens is 5. The number of hydrogen-bond donors (Lipinski definition) is 2. The first-order valence-corrected chi connectivity index (χ1v) is 8.41. The highest BCUT2D eigenvalue weighted by atomic mass is 19.4. The van der Waals surface area contributed by atoms with Gasteiger partial charge in [0.1, 0.15) is 0 Å². The summed E-state index contributed by atoms with van der Waals surface area (Å²) in [6.45, 7) is 0.00438. The fraction of sp³-hybridized carbons (Fsp3) is 0.667. The van der Waals surface area contributed by atoms with E-state index in [-0.39, 0.29) is 25.9 Å². The third-order valence-electron chi connectivity index (χ3n) is 4.24. The lowest BCUT2D eigenvalue weighted by atomic mass is 9.84. The zero-order chi connectivity index (χ0) is 19.0. The lowest BCUT2D eigenvalue weighted by molar-refractivity contribution is -0.297. The van der Waals surface area contributed by atoms with Gasteiger partial charge in [0.05, 0.1) is 5.60 Å². The molecule has 25 heavy (non-hydrogen) atoms. The lowest BCUT2D eigenvalue weighted by Gasteiger charge is -2.33.